The van der Waals surface area contributed by atoms with Gasteiger partial charge in [0.1, 0.15) is 12.6 Å². The first-order valence-electron chi connectivity index (χ1n) is 13.9. The van der Waals surface area contributed by atoms with Crippen molar-refractivity contribution in [2.75, 3.05) is 11.1 Å². The molecule has 2 fully saturated rings. The Morgan fingerprint density at radius 2 is 1.60 bits per heavy atom. The number of aromatic nitrogens is 1. The number of rotatable bonds is 9. The van der Waals surface area contributed by atoms with E-state index < -0.39 is 12.1 Å². The van der Waals surface area contributed by atoms with Crippen LogP contribution in [-0.2, 0) is 22.6 Å². The second-order valence-electron chi connectivity index (χ2n) is 10.3. The van der Waals surface area contributed by atoms with Crippen molar-refractivity contribution in [3.8, 4) is 11.3 Å². The lowest BCUT2D eigenvalue weighted by molar-refractivity contribution is -0.120. The summed E-state index contributed by atoms with van der Waals surface area (Å²) in [6.07, 6.45) is 2.16. The maximum absolute atomic E-state index is 13.5. The molecule has 1 saturated heterocycles. The van der Waals surface area contributed by atoms with Crippen LogP contribution in [0.25, 0.3) is 11.3 Å². The summed E-state index contributed by atoms with van der Waals surface area (Å²) in [6.45, 7) is 0.129. The maximum atomic E-state index is 13.5. The SMILES string of the molecule is O=C(NC1CC1)c1ccc(-c2csc(NC(=O)C3CSC(Cc4ccccc4)N3C(=O)OCc3ccccc3)n2)cc1. The molecule has 1 aliphatic heterocycles. The van der Waals surface area contributed by atoms with Crippen molar-refractivity contribution >= 4 is 46.1 Å². The van der Waals surface area contributed by atoms with E-state index in [-0.39, 0.29) is 23.8 Å². The van der Waals surface area contributed by atoms with Gasteiger partial charge < -0.3 is 15.4 Å². The normalized spacial score (nSPS) is 18.0. The zero-order valence-electron chi connectivity index (χ0n) is 22.8. The summed E-state index contributed by atoms with van der Waals surface area (Å²) in [7, 11) is 0. The van der Waals surface area contributed by atoms with Gasteiger partial charge in [0.15, 0.2) is 5.13 Å². The van der Waals surface area contributed by atoms with Crippen molar-refractivity contribution in [3.63, 3.8) is 0 Å². The van der Waals surface area contributed by atoms with Crippen molar-refractivity contribution < 1.29 is 19.1 Å². The van der Waals surface area contributed by atoms with E-state index in [4.69, 9.17) is 4.74 Å². The molecule has 2 atom stereocenters. The van der Waals surface area contributed by atoms with Crippen molar-refractivity contribution in [2.45, 2.75) is 43.3 Å². The van der Waals surface area contributed by atoms with Crippen LogP contribution in [0.4, 0.5) is 9.93 Å². The number of benzene rings is 3. The molecule has 3 amide bonds. The molecule has 1 saturated carbocycles. The number of nitrogens with one attached hydrogen (secondary N) is 2. The fraction of sp³-hybridized carbons (Fsp3) is 0.250. The Hall–Kier alpha value is -4.15. The molecule has 3 aromatic carbocycles. The van der Waals surface area contributed by atoms with Gasteiger partial charge in [-0.25, -0.2) is 9.78 Å². The van der Waals surface area contributed by atoms with Gasteiger partial charge in [0.2, 0.25) is 5.91 Å². The molecule has 214 valence electrons. The molecule has 10 heteroatoms. The second kappa shape index (κ2) is 12.8. The smallest absolute Gasteiger partial charge is 0.411 e. The topological polar surface area (TPSA) is 101 Å². The third-order valence-corrected chi connectivity index (χ3v) is 9.20. The van der Waals surface area contributed by atoms with Crippen LogP contribution in [0.3, 0.4) is 0 Å². The molecule has 0 bridgehead atoms. The van der Waals surface area contributed by atoms with Crippen LogP contribution in [-0.4, -0.2) is 51.0 Å². The zero-order chi connectivity index (χ0) is 28.9. The number of carbonyl (C=O) groups excluding carboxylic acids is 3. The minimum Gasteiger partial charge on any atom is -0.445 e. The highest BCUT2D eigenvalue weighted by Gasteiger charge is 2.42. The summed E-state index contributed by atoms with van der Waals surface area (Å²) in [5, 5.41) is 7.97. The monoisotopic (exact) mass is 598 g/mol. The van der Waals surface area contributed by atoms with Crippen LogP contribution >= 0.6 is 23.1 Å². The lowest BCUT2D eigenvalue weighted by Gasteiger charge is -2.28. The molecule has 0 spiro atoms. The molecule has 6 rings (SSSR count). The van der Waals surface area contributed by atoms with E-state index in [9.17, 15) is 14.4 Å². The van der Waals surface area contributed by atoms with Gasteiger partial charge in [-0.05, 0) is 36.1 Å². The Balaban J connectivity index is 1.13. The van der Waals surface area contributed by atoms with Gasteiger partial charge in [-0.2, -0.15) is 0 Å². The molecule has 0 radical (unpaired) electrons. The third-order valence-electron chi connectivity index (χ3n) is 7.15. The summed E-state index contributed by atoms with van der Waals surface area (Å²) in [6, 6.07) is 26.3. The minimum atomic E-state index is -0.705. The quantitative estimate of drug-likeness (QED) is 0.247. The van der Waals surface area contributed by atoms with Crippen molar-refractivity contribution in [1.82, 2.24) is 15.2 Å². The van der Waals surface area contributed by atoms with Crippen LogP contribution < -0.4 is 10.6 Å². The van der Waals surface area contributed by atoms with E-state index in [2.05, 4.69) is 15.6 Å². The molecule has 8 nitrogen and oxygen atoms in total. The van der Waals surface area contributed by atoms with Crippen LogP contribution in [0.15, 0.2) is 90.3 Å². The van der Waals surface area contributed by atoms with Gasteiger partial charge in [0, 0.05) is 34.7 Å². The number of nitrogens with zero attached hydrogens (tertiary/aromatic N) is 2. The summed E-state index contributed by atoms with van der Waals surface area (Å²) in [5.41, 5.74) is 4.12. The Kier molecular flexibility index (Phi) is 8.52. The first kappa shape index (κ1) is 28.0. The number of thioether (sulfide) groups is 1. The summed E-state index contributed by atoms with van der Waals surface area (Å²) >= 11 is 2.89. The lowest BCUT2D eigenvalue weighted by Crippen LogP contribution is -2.48. The average molecular weight is 599 g/mol. The molecule has 42 heavy (non-hydrogen) atoms. The summed E-state index contributed by atoms with van der Waals surface area (Å²) in [4.78, 5) is 45.4. The van der Waals surface area contributed by atoms with Crippen molar-refractivity contribution in [3.05, 3.63) is 107 Å². The van der Waals surface area contributed by atoms with Crippen molar-refractivity contribution in [2.24, 2.45) is 0 Å². The fourth-order valence-electron chi connectivity index (χ4n) is 4.72. The van der Waals surface area contributed by atoms with E-state index in [0.717, 1.165) is 29.5 Å². The number of anilines is 1. The van der Waals surface area contributed by atoms with E-state index in [1.165, 1.54) is 11.3 Å². The largest absolute Gasteiger partial charge is 0.445 e. The van der Waals surface area contributed by atoms with Gasteiger partial charge >= 0.3 is 6.09 Å². The number of ether oxygens (including phenoxy) is 1. The average Bonchev–Trinajstić information content (AvgIpc) is 3.54. The molecule has 2 aliphatic rings. The molecular formula is C32H30N4O4S2. The van der Waals surface area contributed by atoms with Crippen molar-refractivity contribution in [1.29, 1.82) is 0 Å². The number of hydrogen-bond acceptors (Lipinski definition) is 7. The zero-order valence-corrected chi connectivity index (χ0v) is 24.4. The predicted octanol–water partition coefficient (Wildman–Crippen LogP) is 5.96. The molecule has 2 N–H and O–H groups in total. The van der Waals surface area contributed by atoms with Crippen LogP contribution in [0, 0.1) is 0 Å². The molecule has 2 unspecified atom stereocenters. The Morgan fingerprint density at radius 3 is 2.29 bits per heavy atom. The molecule has 1 aromatic heterocycles. The molecule has 1 aliphatic carbocycles. The fourth-order valence-corrected chi connectivity index (χ4v) is 6.86. The third kappa shape index (κ3) is 6.83. The minimum absolute atomic E-state index is 0.0675. The first-order valence-corrected chi connectivity index (χ1v) is 15.8. The van der Waals surface area contributed by atoms with Gasteiger partial charge in [0.05, 0.1) is 11.1 Å². The summed E-state index contributed by atoms with van der Waals surface area (Å²) in [5.74, 6) is 0.0803. The molecule has 2 heterocycles. The number of amides is 3. The predicted molar refractivity (Wildman–Crippen MR) is 165 cm³/mol. The van der Waals surface area contributed by atoms with Gasteiger partial charge in [0.25, 0.3) is 5.91 Å². The number of thiazole rings is 1. The lowest BCUT2D eigenvalue weighted by atomic mass is 10.1. The van der Waals surface area contributed by atoms with E-state index in [0.29, 0.717) is 34.6 Å². The highest BCUT2D eigenvalue weighted by atomic mass is 32.2. The van der Waals surface area contributed by atoms with Crippen LogP contribution in [0.5, 0.6) is 0 Å². The van der Waals surface area contributed by atoms with E-state index in [1.807, 2.05) is 78.2 Å². The Morgan fingerprint density at radius 1 is 0.905 bits per heavy atom. The van der Waals surface area contributed by atoms with Crippen LogP contribution in [0.1, 0.15) is 34.3 Å². The molecular weight excluding hydrogens is 569 g/mol. The van der Waals surface area contributed by atoms with E-state index in [1.54, 1.807) is 28.8 Å². The number of hydrogen-bond donors (Lipinski definition) is 2. The maximum Gasteiger partial charge on any atom is 0.411 e. The van der Waals surface area contributed by atoms with Crippen LogP contribution in [0.2, 0.25) is 0 Å². The Labute approximate surface area is 252 Å². The van der Waals surface area contributed by atoms with Gasteiger partial charge in [-0.1, -0.05) is 72.8 Å². The van der Waals surface area contributed by atoms with Gasteiger partial charge in [-0.3, -0.25) is 14.5 Å². The van der Waals surface area contributed by atoms with E-state index >= 15 is 0 Å². The number of carbonyl (C=O) groups is 3. The highest BCUT2D eigenvalue weighted by molar-refractivity contribution is 8.00. The standard InChI is InChI=1S/C32H30N4O4S2/c37-29(33-25-15-16-25)24-13-11-23(12-14-24)26-19-42-31(34-26)35-30(38)27-20-41-28(17-21-7-3-1-4-8-21)36(27)32(39)40-18-22-9-5-2-6-10-22/h1-14,19,25,27-28H,15-18,20H2,(H,33,37)(H,34,35,38). The molecule has 4 aromatic rings. The Bertz CT molecular complexity index is 1540. The first-order chi connectivity index (χ1) is 20.5. The summed E-state index contributed by atoms with van der Waals surface area (Å²) < 4.78 is 5.68. The highest BCUT2D eigenvalue weighted by Crippen LogP contribution is 2.34. The second-order valence-corrected chi connectivity index (χ2v) is 12.4. The van der Waals surface area contributed by atoms with Gasteiger partial charge in [-0.15, -0.1) is 23.1 Å².